The van der Waals surface area contributed by atoms with Crippen molar-refractivity contribution in [3.05, 3.63) is 93.9 Å². The second-order valence-corrected chi connectivity index (χ2v) is 8.88. The van der Waals surface area contributed by atoms with Crippen LogP contribution < -0.4 is 0 Å². The molecule has 0 amide bonds. The maximum absolute atomic E-state index is 2.44. The van der Waals surface area contributed by atoms with Crippen LogP contribution in [0.3, 0.4) is 0 Å². The highest BCUT2D eigenvalue weighted by atomic mass is 32.1. The van der Waals surface area contributed by atoms with Gasteiger partial charge in [0.25, 0.3) is 0 Å². The standard InChI is InChI=1S/C26H24S/c1-17-12-25(21-8-9-21)18(2)11-24(17)13-19-14-26(27-16-19)23-10-7-20-5-3-4-6-22(20)15-23/h3-7,10-12,14-16,21H,8-9,13H2,1-2H3. The van der Waals surface area contributed by atoms with E-state index in [1.165, 1.54) is 56.3 Å². The molecule has 0 saturated heterocycles. The molecule has 4 aromatic rings. The third-order valence-corrected chi connectivity index (χ3v) is 6.85. The Bertz CT molecular complexity index is 1130. The summed E-state index contributed by atoms with van der Waals surface area (Å²) in [5.74, 6) is 0.832. The van der Waals surface area contributed by atoms with Crippen molar-refractivity contribution in [3.63, 3.8) is 0 Å². The molecule has 5 rings (SSSR count). The third kappa shape index (κ3) is 3.33. The Morgan fingerprint density at radius 3 is 2.48 bits per heavy atom. The summed E-state index contributed by atoms with van der Waals surface area (Å²) in [5.41, 5.74) is 8.72. The quantitative estimate of drug-likeness (QED) is 0.347. The zero-order valence-electron chi connectivity index (χ0n) is 16.0. The fourth-order valence-electron chi connectivity index (χ4n) is 4.11. The molecule has 0 aliphatic heterocycles. The van der Waals surface area contributed by atoms with E-state index >= 15 is 0 Å². The third-order valence-electron chi connectivity index (χ3n) is 5.82. The van der Waals surface area contributed by atoms with Crippen LogP contribution in [0.2, 0.25) is 0 Å². The summed E-state index contributed by atoms with van der Waals surface area (Å²) in [6.07, 6.45) is 3.78. The molecular formula is C26H24S. The molecule has 1 aromatic heterocycles. The Kier molecular flexibility index (Phi) is 4.13. The van der Waals surface area contributed by atoms with E-state index in [0.717, 1.165) is 12.3 Å². The minimum absolute atomic E-state index is 0.832. The summed E-state index contributed by atoms with van der Waals surface area (Å²) in [6, 6.07) is 22.6. The zero-order chi connectivity index (χ0) is 18.4. The van der Waals surface area contributed by atoms with Crippen LogP contribution in [0.5, 0.6) is 0 Å². The van der Waals surface area contributed by atoms with E-state index in [1.54, 1.807) is 5.56 Å². The molecule has 0 nitrogen and oxygen atoms in total. The molecule has 1 heteroatoms. The molecule has 134 valence electrons. The van der Waals surface area contributed by atoms with Gasteiger partial charge in [0.2, 0.25) is 0 Å². The highest BCUT2D eigenvalue weighted by Crippen LogP contribution is 2.42. The van der Waals surface area contributed by atoms with Gasteiger partial charge in [0.15, 0.2) is 0 Å². The van der Waals surface area contributed by atoms with Gasteiger partial charge in [-0.2, -0.15) is 0 Å². The minimum Gasteiger partial charge on any atom is -0.144 e. The number of rotatable bonds is 4. The Balaban J connectivity index is 1.42. The molecule has 0 bridgehead atoms. The van der Waals surface area contributed by atoms with E-state index in [1.807, 2.05) is 11.3 Å². The lowest BCUT2D eigenvalue weighted by molar-refractivity contribution is 1.06. The van der Waals surface area contributed by atoms with Crippen LogP contribution >= 0.6 is 11.3 Å². The van der Waals surface area contributed by atoms with Gasteiger partial charge in [-0.1, -0.05) is 48.5 Å². The lowest BCUT2D eigenvalue weighted by atomic mass is 9.94. The van der Waals surface area contributed by atoms with Gasteiger partial charge >= 0.3 is 0 Å². The van der Waals surface area contributed by atoms with E-state index in [2.05, 4.69) is 79.9 Å². The van der Waals surface area contributed by atoms with Gasteiger partial charge in [-0.3, -0.25) is 0 Å². The highest BCUT2D eigenvalue weighted by molar-refractivity contribution is 7.13. The molecule has 1 saturated carbocycles. The van der Waals surface area contributed by atoms with Crippen LogP contribution in [-0.2, 0) is 6.42 Å². The van der Waals surface area contributed by atoms with E-state index in [-0.39, 0.29) is 0 Å². The number of thiophene rings is 1. The average Bonchev–Trinajstić information content (AvgIpc) is 3.42. The normalized spacial score (nSPS) is 14.0. The van der Waals surface area contributed by atoms with Gasteiger partial charge in [-0.25, -0.2) is 0 Å². The van der Waals surface area contributed by atoms with E-state index in [0.29, 0.717) is 0 Å². The van der Waals surface area contributed by atoms with Crippen molar-refractivity contribution < 1.29 is 0 Å². The Morgan fingerprint density at radius 2 is 1.67 bits per heavy atom. The molecule has 0 radical (unpaired) electrons. The fourth-order valence-corrected chi connectivity index (χ4v) is 5.02. The highest BCUT2D eigenvalue weighted by Gasteiger charge is 2.25. The predicted molar refractivity (Wildman–Crippen MR) is 118 cm³/mol. The lowest BCUT2D eigenvalue weighted by Gasteiger charge is -2.11. The van der Waals surface area contributed by atoms with E-state index in [9.17, 15) is 0 Å². The topological polar surface area (TPSA) is 0 Å². The molecule has 1 aliphatic rings. The second-order valence-electron chi connectivity index (χ2n) is 7.97. The smallest absolute Gasteiger partial charge is 0.0345 e. The van der Waals surface area contributed by atoms with Gasteiger partial charge in [-0.15, -0.1) is 11.3 Å². The number of benzene rings is 3. The molecule has 0 atom stereocenters. The van der Waals surface area contributed by atoms with Crippen LogP contribution in [0.15, 0.2) is 66.0 Å². The fraction of sp³-hybridized carbons (Fsp3) is 0.231. The molecule has 1 fully saturated rings. The molecule has 0 spiro atoms. The van der Waals surface area contributed by atoms with Crippen molar-refractivity contribution in [3.8, 4) is 10.4 Å². The van der Waals surface area contributed by atoms with Crippen LogP contribution in [0.4, 0.5) is 0 Å². The SMILES string of the molecule is Cc1cc(C2CC2)c(C)cc1Cc1csc(-c2ccc3ccccc3c2)c1. The monoisotopic (exact) mass is 368 g/mol. The Hall–Kier alpha value is -2.38. The van der Waals surface area contributed by atoms with Crippen LogP contribution in [0, 0.1) is 13.8 Å². The average molecular weight is 369 g/mol. The van der Waals surface area contributed by atoms with Gasteiger partial charge in [-0.05, 0) is 101 Å². The maximum Gasteiger partial charge on any atom is 0.0345 e. The first-order valence-corrected chi connectivity index (χ1v) is 10.7. The van der Waals surface area contributed by atoms with E-state index in [4.69, 9.17) is 0 Å². The van der Waals surface area contributed by atoms with Gasteiger partial charge in [0.05, 0.1) is 0 Å². The van der Waals surface area contributed by atoms with Crippen LogP contribution in [0.25, 0.3) is 21.2 Å². The number of hydrogen-bond donors (Lipinski definition) is 0. The molecule has 0 N–H and O–H groups in total. The summed E-state index contributed by atoms with van der Waals surface area (Å²) >= 11 is 1.86. The summed E-state index contributed by atoms with van der Waals surface area (Å²) < 4.78 is 0. The molecule has 3 aromatic carbocycles. The zero-order valence-corrected chi connectivity index (χ0v) is 16.8. The number of aryl methyl sites for hydroxylation is 2. The minimum atomic E-state index is 0.832. The number of fused-ring (bicyclic) bond motifs is 1. The van der Waals surface area contributed by atoms with E-state index < -0.39 is 0 Å². The van der Waals surface area contributed by atoms with Crippen molar-refractivity contribution in [2.75, 3.05) is 0 Å². The largest absolute Gasteiger partial charge is 0.144 e. The predicted octanol–water partition coefficient (Wildman–Crippen LogP) is 7.65. The molecule has 27 heavy (non-hydrogen) atoms. The summed E-state index contributed by atoms with van der Waals surface area (Å²) in [4.78, 5) is 1.36. The molecule has 1 heterocycles. The lowest BCUT2D eigenvalue weighted by Crippen LogP contribution is -1.95. The van der Waals surface area contributed by atoms with Crippen molar-refractivity contribution in [2.45, 2.75) is 39.0 Å². The first-order chi connectivity index (χ1) is 13.2. The van der Waals surface area contributed by atoms with Gasteiger partial charge in [0, 0.05) is 4.88 Å². The first-order valence-electron chi connectivity index (χ1n) is 9.84. The van der Waals surface area contributed by atoms with Crippen molar-refractivity contribution in [1.29, 1.82) is 0 Å². The first kappa shape index (κ1) is 16.8. The molecule has 1 aliphatic carbocycles. The van der Waals surface area contributed by atoms with Crippen LogP contribution in [-0.4, -0.2) is 0 Å². The summed E-state index contributed by atoms with van der Waals surface area (Å²) in [6.45, 7) is 4.56. The van der Waals surface area contributed by atoms with Gasteiger partial charge in [0.1, 0.15) is 0 Å². The van der Waals surface area contributed by atoms with Crippen molar-refractivity contribution in [2.24, 2.45) is 0 Å². The van der Waals surface area contributed by atoms with Crippen LogP contribution in [0.1, 0.15) is 46.6 Å². The second kappa shape index (κ2) is 6.65. The summed E-state index contributed by atoms with van der Waals surface area (Å²) in [5, 5.41) is 4.95. The van der Waals surface area contributed by atoms with Crippen molar-refractivity contribution in [1.82, 2.24) is 0 Å². The maximum atomic E-state index is 2.44. The van der Waals surface area contributed by atoms with Gasteiger partial charge < -0.3 is 0 Å². The Morgan fingerprint density at radius 1 is 0.852 bits per heavy atom. The number of hydrogen-bond acceptors (Lipinski definition) is 1. The molecular weight excluding hydrogens is 344 g/mol. The molecule has 0 unspecified atom stereocenters. The summed E-state index contributed by atoms with van der Waals surface area (Å²) in [7, 11) is 0. The Labute approximate surface area is 165 Å². The van der Waals surface area contributed by atoms with Crippen molar-refractivity contribution >= 4 is 22.1 Å².